The molecule has 0 aliphatic carbocycles. The molecule has 1 aromatic carbocycles. The van der Waals surface area contributed by atoms with Crippen LogP contribution < -0.4 is 5.32 Å². The summed E-state index contributed by atoms with van der Waals surface area (Å²) in [5.74, 6) is -1.18. The molecule has 0 unspecified atom stereocenters. The normalized spacial score (nSPS) is 10.6. The molecule has 3 aromatic rings. The Bertz CT molecular complexity index is 924. The number of carbonyl (C=O) groups excluding carboxylic acids is 2. The molecule has 25 heavy (non-hydrogen) atoms. The summed E-state index contributed by atoms with van der Waals surface area (Å²) < 4.78 is 2.41. The quantitative estimate of drug-likeness (QED) is 0.471. The van der Waals surface area contributed by atoms with Gasteiger partial charge in [0.1, 0.15) is 5.69 Å². The van der Waals surface area contributed by atoms with E-state index < -0.39 is 11.7 Å². The highest BCUT2D eigenvalue weighted by molar-refractivity contribution is 9.11. The number of Topliss-reactive ketones (excluding diaryl/α,β-unsaturated/α-hetero) is 1. The fraction of sp³-hybridized carbons (Fsp3) is 0.125. The molecule has 0 saturated carbocycles. The van der Waals surface area contributed by atoms with Crippen LogP contribution in [0.4, 0.5) is 0 Å². The van der Waals surface area contributed by atoms with Crippen molar-refractivity contribution in [2.45, 2.75) is 6.54 Å². The van der Waals surface area contributed by atoms with Crippen LogP contribution in [0.25, 0.3) is 11.3 Å². The van der Waals surface area contributed by atoms with Crippen molar-refractivity contribution in [3.05, 3.63) is 56.3 Å². The summed E-state index contributed by atoms with van der Waals surface area (Å²) in [5.41, 5.74) is 1.55. The lowest BCUT2D eigenvalue weighted by Crippen LogP contribution is -2.33. The maximum Gasteiger partial charge on any atom is 0.293 e. The fourth-order valence-electron chi connectivity index (χ4n) is 2.10. The summed E-state index contributed by atoms with van der Waals surface area (Å²) in [6, 6.07) is 10.7. The van der Waals surface area contributed by atoms with E-state index >= 15 is 0 Å². The predicted octanol–water partition coefficient (Wildman–Crippen LogP) is 3.42. The van der Waals surface area contributed by atoms with Crippen LogP contribution in [-0.4, -0.2) is 33.2 Å². The van der Waals surface area contributed by atoms with Crippen molar-refractivity contribution in [3.8, 4) is 11.3 Å². The first kappa shape index (κ1) is 17.8. The Kier molecular flexibility index (Phi) is 5.62. The molecule has 6 nitrogen and oxygen atoms in total. The zero-order valence-electron chi connectivity index (χ0n) is 12.8. The molecule has 0 spiro atoms. The molecule has 2 aromatic heterocycles. The Morgan fingerprint density at radius 1 is 1.28 bits per heavy atom. The second-order valence-corrected chi connectivity index (χ2v) is 7.97. The number of rotatable bonds is 6. The van der Waals surface area contributed by atoms with Crippen molar-refractivity contribution in [1.82, 2.24) is 20.3 Å². The number of thiophene rings is 1. The van der Waals surface area contributed by atoms with Gasteiger partial charge in [0, 0.05) is 17.1 Å². The van der Waals surface area contributed by atoms with Crippen LogP contribution in [0.2, 0.25) is 5.02 Å². The first-order valence-corrected chi connectivity index (χ1v) is 9.25. The van der Waals surface area contributed by atoms with E-state index in [-0.39, 0.29) is 6.54 Å². The molecular formula is C16H12BrClN4O2S. The zero-order chi connectivity index (χ0) is 17.8. The third kappa shape index (κ3) is 4.53. The fourth-order valence-corrected chi connectivity index (χ4v) is 3.61. The van der Waals surface area contributed by atoms with E-state index in [1.54, 1.807) is 35.1 Å². The van der Waals surface area contributed by atoms with Crippen LogP contribution in [0, 0.1) is 0 Å². The molecule has 0 radical (unpaired) electrons. The topological polar surface area (TPSA) is 76.9 Å². The summed E-state index contributed by atoms with van der Waals surface area (Å²) in [7, 11) is 0. The van der Waals surface area contributed by atoms with Gasteiger partial charge in [-0.05, 0) is 40.2 Å². The van der Waals surface area contributed by atoms with Crippen molar-refractivity contribution in [3.63, 3.8) is 0 Å². The third-order valence-corrected chi connectivity index (χ3v) is 5.15. The monoisotopic (exact) mass is 438 g/mol. The van der Waals surface area contributed by atoms with E-state index in [0.29, 0.717) is 22.1 Å². The van der Waals surface area contributed by atoms with Gasteiger partial charge in [-0.15, -0.1) is 16.4 Å². The standard InChI is InChI=1S/C16H12BrClN4O2S/c17-14-5-4-13(25-14)15(23)16(24)19-6-7-22-9-12(20-21-22)10-2-1-3-11(18)8-10/h1-5,8-9H,6-7H2,(H,19,24). The lowest BCUT2D eigenvalue weighted by atomic mass is 10.2. The lowest BCUT2D eigenvalue weighted by molar-refractivity contribution is -0.117. The van der Waals surface area contributed by atoms with Gasteiger partial charge >= 0.3 is 0 Å². The van der Waals surface area contributed by atoms with E-state index in [1.165, 1.54) is 11.3 Å². The van der Waals surface area contributed by atoms with Gasteiger partial charge in [0.05, 0.1) is 21.4 Å². The predicted molar refractivity (Wildman–Crippen MR) is 99.8 cm³/mol. The van der Waals surface area contributed by atoms with E-state index in [2.05, 4.69) is 31.6 Å². The van der Waals surface area contributed by atoms with Crippen molar-refractivity contribution >= 4 is 50.6 Å². The SMILES string of the molecule is O=C(NCCn1cc(-c2cccc(Cl)c2)nn1)C(=O)c1ccc(Br)s1. The number of ketones is 1. The summed E-state index contributed by atoms with van der Waals surface area (Å²) in [4.78, 5) is 24.2. The largest absolute Gasteiger partial charge is 0.347 e. The second-order valence-electron chi connectivity index (χ2n) is 5.07. The molecular weight excluding hydrogens is 428 g/mol. The van der Waals surface area contributed by atoms with Crippen molar-refractivity contribution < 1.29 is 9.59 Å². The van der Waals surface area contributed by atoms with Gasteiger partial charge in [-0.25, -0.2) is 0 Å². The van der Waals surface area contributed by atoms with Crippen molar-refractivity contribution in [2.24, 2.45) is 0 Å². The summed E-state index contributed by atoms with van der Waals surface area (Å²) in [5, 5.41) is 11.3. The van der Waals surface area contributed by atoms with Crippen LogP contribution in [-0.2, 0) is 11.3 Å². The van der Waals surface area contributed by atoms with Crippen molar-refractivity contribution in [2.75, 3.05) is 6.54 Å². The number of hydrogen-bond acceptors (Lipinski definition) is 5. The summed E-state index contributed by atoms with van der Waals surface area (Å²) >= 11 is 10.5. The Hall–Kier alpha value is -2.03. The minimum atomic E-state index is -0.635. The molecule has 0 fully saturated rings. The first-order valence-electron chi connectivity index (χ1n) is 7.27. The number of carbonyl (C=O) groups is 2. The maximum atomic E-state index is 12.0. The molecule has 1 amide bonds. The highest BCUT2D eigenvalue weighted by atomic mass is 79.9. The van der Waals surface area contributed by atoms with Gasteiger partial charge in [0.2, 0.25) is 0 Å². The minimum absolute atomic E-state index is 0.273. The van der Waals surface area contributed by atoms with E-state index in [4.69, 9.17) is 11.6 Å². The number of nitrogens with one attached hydrogen (secondary N) is 1. The molecule has 0 bridgehead atoms. The third-order valence-electron chi connectivity index (χ3n) is 3.29. The number of aromatic nitrogens is 3. The van der Waals surface area contributed by atoms with E-state index in [1.807, 2.05) is 12.1 Å². The Balaban J connectivity index is 1.54. The number of amides is 1. The van der Waals surface area contributed by atoms with Crippen LogP contribution in [0.1, 0.15) is 9.67 Å². The Labute approximate surface area is 160 Å². The Morgan fingerprint density at radius 2 is 2.12 bits per heavy atom. The average molecular weight is 440 g/mol. The maximum absolute atomic E-state index is 12.0. The molecule has 0 atom stereocenters. The number of halogens is 2. The van der Waals surface area contributed by atoms with Gasteiger partial charge in [-0.3, -0.25) is 14.3 Å². The van der Waals surface area contributed by atoms with Gasteiger partial charge < -0.3 is 5.32 Å². The Morgan fingerprint density at radius 3 is 2.84 bits per heavy atom. The smallest absolute Gasteiger partial charge is 0.293 e. The van der Waals surface area contributed by atoms with E-state index in [0.717, 1.165) is 9.35 Å². The lowest BCUT2D eigenvalue weighted by Gasteiger charge is -2.03. The van der Waals surface area contributed by atoms with Gasteiger partial charge in [0.15, 0.2) is 0 Å². The van der Waals surface area contributed by atoms with Gasteiger partial charge in [0.25, 0.3) is 11.7 Å². The molecule has 1 N–H and O–H groups in total. The molecule has 0 aliphatic heterocycles. The highest BCUT2D eigenvalue weighted by Crippen LogP contribution is 2.22. The van der Waals surface area contributed by atoms with Gasteiger partial charge in [-0.2, -0.15) is 0 Å². The second kappa shape index (κ2) is 7.90. The summed E-state index contributed by atoms with van der Waals surface area (Å²) in [6.45, 7) is 0.677. The number of nitrogens with zero attached hydrogens (tertiary/aromatic N) is 3. The number of benzene rings is 1. The van der Waals surface area contributed by atoms with E-state index in [9.17, 15) is 9.59 Å². The number of hydrogen-bond donors (Lipinski definition) is 1. The first-order chi connectivity index (χ1) is 12.0. The van der Waals surface area contributed by atoms with Crippen LogP contribution in [0.5, 0.6) is 0 Å². The van der Waals surface area contributed by atoms with Crippen LogP contribution in [0.15, 0.2) is 46.4 Å². The van der Waals surface area contributed by atoms with Crippen molar-refractivity contribution in [1.29, 1.82) is 0 Å². The molecule has 128 valence electrons. The van der Waals surface area contributed by atoms with Gasteiger partial charge in [-0.1, -0.05) is 28.9 Å². The molecule has 2 heterocycles. The molecule has 0 saturated heterocycles. The zero-order valence-corrected chi connectivity index (χ0v) is 15.9. The minimum Gasteiger partial charge on any atom is -0.347 e. The van der Waals surface area contributed by atoms with Crippen LogP contribution >= 0.6 is 38.9 Å². The molecule has 3 rings (SSSR count). The van der Waals surface area contributed by atoms with Crippen LogP contribution in [0.3, 0.4) is 0 Å². The average Bonchev–Trinajstić information content (AvgIpc) is 3.23. The highest BCUT2D eigenvalue weighted by Gasteiger charge is 2.17. The molecule has 9 heteroatoms. The summed E-state index contributed by atoms with van der Waals surface area (Å²) in [6.07, 6.45) is 1.76. The molecule has 0 aliphatic rings.